The quantitative estimate of drug-likeness (QED) is 0.658. The summed E-state index contributed by atoms with van der Waals surface area (Å²) in [4.78, 5) is 40.7. The molecule has 1 N–H and O–H groups in total. The van der Waals surface area contributed by atoms with E-state index in [1.165, 1.54) is 42.1 Å². The molecule has 4 rings (SSSR count). The van der Waals surface area contributed by atoms with Crippen molar-refractivity contribution in [1.82, 2.24) is 25.2 Å². The molecule has 1 atom stereocenters. The summed E-state index contributed by atoms with van der Waals surface area (Å²) in [5.41, 5.74) is 1.38. The second-order valence-electron chi connectivity index (χ2n) is 7.37. The first-order valence-corrected chi connectivity index (χ1v) is 10.9. The molecular weight excluding hydrogens is 417 g/mol. The molecule has 1 aromatic carbocycles. The highest BCUT2D eigenvalue weighted by atomic mass is 32.1. The van der Waals surface area contributed by atoms with Crippen LogP contribution in [0.1, 0.15) is 45.2 Å². The SMILES string of the molecule is Cc1nc(C(=O)N2CCCCC2CNC(=O)c2cnccn2)c(-c2ccc(F)cc2)s1. The van der Waals surface area contributed by atoms with E-state index in [1.807, 2.05) is 6.92 Å². The molecule has 0 aliphatic carbocycles. The smallest absolute Gasteiger partial charge is 0.274 e. The normalized spacial score (nSPS) is 16.2. The Labute approximate surface area is 183 Å². The van der Waals surface area contributed by atoms with E-state index in [2.05, 4.69) is 20.3 Å². The van der Waals surface area contributed by atoms with E-state index in [4.69, 9.17) is 0 Å². The molecule has 3 heterocycles. The monoisotopic (exact) mass is 439 g/mol. The Hall–Kier alpha value is -3.20. The number of hydrogen-bond acceptors (Lipinski definition) is 6. The first-order valence-electron chi connectivity index (χ1n) is 10.1. The predicted octanol–water partition coefficient (Wildman–Crippen LogP) is 3.47. The molecule has 2 amide bonds. The van der Waals surface area contributed by atoms with Crippen molar-refractivity contribution < 1.29 is 14.0 Å². The molecule has 3 aromatic rings. The topological polar surface area (TPSA) is 88.1 Å². The second-order valence-corrected chi connectivity index (χ2v) is 8.57. The maximum absolute atomic E-state index is 13.5. The molecule has 0 saturated carbocycles. The van der Waals surface area contributed by atoms with Crippen molar-refractivity contribution in [2.24, 2.45) is 0 Å². The van der Waals surface area contributed by atoms with Gasteiger partial charge in [-0.3, -0.25) is 14.6 Å². The third-order valence-electron chi connectivity index (χ3n) is 5.23. The number of aryl methyl sites for hydroxylation is 1. The number of piperidine rings is 1. The molecule has 160 valence electrons. The number of aromatic nitrogens is 3. The molecule has 1 fully saturated rings. The van der Waals surface area contributed by atoms with Gasteiger partial charge in [0.05, 0.1) is 16.1 Å². The molecule has 7 nitrogen and oxygen atoms in total. The number of nitrogens with one attached hydrogen (secondary N) is 1. The summed E-state index contributed by atoms with van der Waals surface area (Å²) in [7, 11) is 0. The van der Waals surface area contributed by atoms with Crippen LogP contribution in [0.5, 0.6) is 0 Å². The van der Waals surface area contributed by atoms with Gasteiger partial charge in [-0.25, -0.2) is 14.4 Å². The van der Waals surface area contributed by atoms with Crippen molar-refractivity contribution in [2.75, 3.05) is 13.1 Å². The minimum atomic E-state index is -0.326. The van der Waals surface area contributed by atoms with Gasteiger partial charge < -0.3 is 10.2 Å². The average Bonchev–Trinajstić information content (AvgIpc) is 3.20. The molecule has 1 saturated heterocycles. The molecule has 1 unspecified atom stereocenters. The summed E-state index contributed by atoms with van der Waals surface area (Å²) < 4.78 is 13.4. The number of amides is 2. The van der Waals surface area contributed by atoms with E-state index in [0.717, 1.165) is 34.7 Å². The second kappa shape index (κ2) is 9.30. The lowest BCUT2D eigenvalue weighted by atomic mass is 10.0. The van der Waals surface area contributed by atoms with Crippen LogP contribution in [-0.4, -0.2) is 50.8 Å². The Morgan fingerprint density at radius 1 is 1.23 bits per heavy atom. The average molecular weight is 440 g/mol. The van der Waals surface area contributed by atoms with Gasteiger partial charge in [-0.05, 0) is 43.9 Å². The van der Waals surface area contributed by atoms with Crippen LogP contribution < -0.4 is 5.32 Å². The number of hydrogen-bond donors (Lipinski definition) is 1. The summed E-state index contributed by atoms with van der Waals surface area (Å²) in [6.45, 7) is 2.78. The molecule has 0 radical (unpaired) electrons. The minimum Gasteiger partial charge on any atom is -0.349 e. The highest BCUT2D eigenvalue weighted by Gasteiger charge is 2.31. The number of likely N-dealkylation sites (tertiary alicyclic amines) is 1. The lowest BCUT2D eigenvalue weighted by Crippen LogP contribution is -2.49. The van der Waals surface area contributed by atoms with Crippen molar-refractivity contribution in [3.8, 4) is 10.4 Å². The molecule has 31 heavy (non-hydrogen) atoms. The standard InChI is InChI=1S/C22H22FN5O2S/c1-14-27-19(20(31-14)15-5-7-16(23)8-6-15)22(30)28-11-3-2-4-17(28)12-26-21(29)18-13-24-9-10-25-18/h5-10,13,17H,2-4,11-12H2,1H3,(H,26,29). The Morgan fingerprint density at radius 2 is 2.03 bits per heavy atom. The Bertz CT molecular complexity index is 1070. The fourth-order valence-corrected chi connectivity index (χ4v) is 4.62. The number of thiazole rings is 1. The van der Waals surface area contributed by atoms with Gasteiger partial charge in [-0.2, -0.15) is 0 Å². The first kappa shape index (κ1) is 21.0. The predicted molar refractivity (Wildman–Crippen MR) is 115 cm³/mol. The summed E-state index contributed by atoms with van der Waals surface area (Å²) in [5, 5.41) is 3.64. The lowest BCUT2D eigenvalue weighted by Gasteiger charge is -2.35. The number of carbonyl (C=O) groups excluding carboxylic acids is 2. The van der Waals surface area contributed by atoms with E-state index in [0.29, 0.717) is 18.8 Å². The van der Waals surface area contributed by atoms with E-state index < -0.39 is 0 Å². The van der Waals surface area contributed by atoms with Crippen molar-refractivity contribution in [3.63, 3.8) is 0 Å². The van der Waals surface area contributed by atoms with E-state index >= 15 is 0 Å². The summed E-state index contributed by atoms with van der Waals surface area (Å²) in [5.74, 6) is -0.808. The Balaban J connectivity index is 1.53. The third-order valence-corrected chi connectivity index (χ3v) is 6.25. The number of benzene rings is 1. The minimum absolute atomic E-state index is 0.134. The van der Waals surface area contributed by atoms with Crippen LogP contribution in [0.4, 0.5) is 4.39 Å². The number of halogens is 1. The summed E-state index contributed by atoms with van der Waals surface area (Å²) in [6.07, 6.45) is 7.05. The maximum Gasteiger partial charge on any atom is 0.274 e. The van der Waals surface area contributed by atoms with Gasteiger partial charge >= 0.3 is 0 Å². The Morgan fingerprint density at radius 3 is 2.77 bits per heavy atom. The van der Waals surface area contributed by atoms with Gasteiger partial charge in [0.25, 0.3) is 11.8 Å². The van der Waals surface area contributed by atoms with Crippen LogP contribution >= 0.6 is 11.3 Å². The zero-order valence-corrected chi connectivity index (χ0v) is 17.9. The van der Waals surface area contributed by atoms with Crippen LogP contribution in [0, 0.1) is 12.7 Å². The third kappa shape index (κ3) is 4.77. The van der Waals surface area contributed by atoms with E-state index in [1.54, 1.807) is 17.0 Å². The van der Waals surface area contributed by atoms with Crippen LogP contribution in [0.15, 0.2) is 42.9 Å². The Kier molecular flexibility index (Phi) is 6.31. The number of rotatable bonds is 5. The molecule has 0 spiro atoms. The fraction of sp³-hybridized carbons (Fsp3) is 0.318. The van der Waals surface area contributed by atoms with Crippen LogP contribution in [-0.2, 0) is 0 Å². The lowest BCUT2D eigenvalue weighted by molar-refractivity contribution is 0.0597. The van der Waals surface area contributed by atoms with Gasteiger partial charge in [0.1, 0.15) is 17.2 Å². The molecule has 9 heteroatoms. The largest absolute Gasteiger partial charge is 0.349 e. The zero-order valence-electron chi connectivity index (χ0n) is 17.0. The van der Waals surface area contributed by atoms with E-state index in [-0.39, 0.29) is 29.4 Å². The first-order chi connectivity index (χ1) is 15.0. The van der Waals surface area contributed by atoms with Gasteiger partial charge in [-0.15, -0.1) is 11.3 Å². The molecule has 0 bridgehead atoms. The van der Waals surface area contributed by atoms with Crippen LogP contribution in [0.25, 0.3) is 10.4 Å². The molecule has 1 aliphatic rings. The van der Waals surface area contributed by atoms with Gasteiger partial charge in [-0.1, -0.05) is 12.1 Å². The molecule has 2 aromatic heterocycles. The van der Waals surface area contributed by atoms with Crippen molar-refractivity contribution in [2.45, 2.75) is 32.2 Å². The van der Waals surface area contributed by atoms with E-state index in [9.17, 15) is 14.0 Å². The number of carbonyl (C=O) groups is 2. The van der Waals surface area contributed by atoms with Crippen molar-refractivity contribution in [1.29, 1.82) is 0 Å². The van der Waals surface area contributed by atoms with Crippen LogP contribution in [0.3, 0.4) is 0 Å². The van der Waals surface area contributed by atoms with Gasteiger partial charge in [0.2, 0.25) is 0 Å². The maximum atomic E-state index is 13.5. The number of nitrogens with zero attached hydrogens (tertiary/aromatic N) is 4. The van der Waals surface area contributed by atoms with Crippen molar-refractivity contribution in [3.05, 3.63) is 65.1 Å². The fourth-order valence-electron chi connectivity index (χ4n) is 3.70. The molecule has 1 aliphatic heterocycles. The highest BCUT2D eigenvalue weighted by Crippen LogP contribution is 2.32. The summed E-state index contributed by atoms with van der Waals surface area (Å²) >= 11 is 1.42. The molecular formula is C22H22FN5O2S. The van der Waals surface area contributed by atoms with Gasteiger partial charge in [0.15, 0.2) is 0 Å². The summed E-state index contributed by atoms with van der Waals surface area (Å²) in [6, 6.07) is 5.95. The van der Waals surface area contributed by atoms with Crippen LogP contribution in [0.2, 0.25) is 0 Å². The zero-order chi connectivity index (χ0) is 21.8. The highest BCUT2D eigenvalue weighted by molar-refractivity contribution is 7.15. The van der Waals surface area contributed by atoms with Gasteiger partial charge in [0, 0.05) is 31.5 Å². The van der Waals surface area contributed by atoms with Crippen molar-refractivity contribution >= 4 is 23.2 Å².